The van der Waals surface area contributed by atoms with Crippen molar-refractivity contribution < 1.29 is 0 Å². The Hall–Kier alpha value is -4.05. The molecule has 31 heavy (non-hydrogen) atoms. The van der Waals surface area contributed by atoms with E-state index in [-0.39, 0.29) is 0 Å². The van der Waals surface area contributed by atoms with Crippen molar-refractivity contribution >= 4 is 27.5 Å². The maximum atomic E-state index is 5.15. The van der Waals surface area contributed by atoms with Crippen molar-refractivity contribution in [3.63, 3.8) is 0 Å². The first-order valence-electron chi connectivity index (χ1n) is 10.6. The van der Waals surface area contributed by atoms with Gasteiger partial charge in [0.1, 0.15) is 5.52 Å². The van der Waals surface area contributed by atoms with Gasteiger partial charge >= 0.3 is 0 Å². The highest BCUT2D eigenvalue weighted by Crippen LogP contribution is 2.48. The van der Waals surface area contributed by atoms with E-state index in [9.17, 15) is 0 Å². The van der Waals surface area contributed by atoms with E-state index in [0.717, 1.165) is 46.0 Å². The van der Waals surface area contributed by atoms with Gasteiger partial charge in [0, 0.05) is 41.3 Å². The van der Waals surface area contributed by atoms with Crippen LogP contribution in [0.15, 0.2) is 73.2 Å². The minimum atomic E-state index is 0.866. The SMILES string of the molecule is c1ccc2c(c1)Cc1ccc3c(c1-2)Cc1nc2c4ncccc4c4cnccc4n2c1-3. The molecule has 0 N–H and O–H groups in total. The van der Waals surface area contributed by atoms with Gasteiger partial charge in [0.25, 0.3) is 0 Å². The van der Waals surface area contributed by atoms with Crippen LogP contribution in [0, 0.1) is 0 Å². The van der Waals surface area contributed by atoms with E-state index in [2.05, 4.69) is 57.9 Å². The molecule has 2 aliphatic rings. The molecule has 4 heterocycles. The van der Waals surface area contributed by atoms with Crippen molar-refractivity contribution in [1.82, 2.24) is 19.4 Å². The number of hydrogen-bond acceptors (Lipinski definition) is 3. The number of fused-ring (bicyclic) bond motifs is 14. The molecule has 0 atom stereocenters. The Balaban J connectivity index is 1.53. The number of imidazole rings is 1. The average Bonchev–Trinajstić information content (AvgIpc) is 3.48. The molecule has 4 nitrogen and oxygen atoms in total. The summed E-state index contributed by atoms with van der Waals surface area (Å²) < 4.78 is 2.31. The highest BCUT2D eigenvalue weighted by Gasteiger charge is 2.32. The number of rotatable bonds is 0. The first-order chi connectivity index (χ1) is 15.4. The Bertz CT molecular complexity index is 1740. The van der Waals surface area contributed by atoms with Gasteiger partial charge in [-0.2, -0.15) is 0 Å². The van der Waals surface area contributed by atoms with Gasteiger partial charge in [-0.1, -0.05) is 42.5 Å². The maximum Gasteiger partial charge on any atom is 0.164 e. The Morgan fingerprint density at radius 2 is 1.74 bits per heavy atom. The van der Waals surface area contributed by atoms with Crippen molar-refractivity contribution in [2.75, 3.05) is 0 Å². The van der Waals surface area contributed by atoms with Crippen molar-refractivity contribution in [3.05, 3.63) is 95.6 Å². The fraction of sp³-hybridized carbons (Fsp3) is 0.0741. The fourth-order valence-electron chi connectivity index (χ4n) is 5.72. The summed E-state index contributed by atoms with van der Waals surface area (Å²) in [6, 6.07) is 19.6. The molecule has 0 fully saturated rings. The molecule has 8 rings (SSSR count). The van der Waals surface area contributed by atoms with E-state index in [1.165, 1.54) is 39.1 Å². The average molecular weight is 396 g/mol. The molecular formula is C27H16N4. The number of aromatic nitrogens is 4. The summed E-state index contributed by atoms with van der Waals surface area (Å²) in [5, 5.41) is 2.21. The monoisotopic (exact) mass is 396 g/mol. The van der Waals surface area contributed by atoms with Gasteiger partial charge in [-0.05, 0) is 46.4 Å². The van der Waals surface area contributed by atoms with Crippen LogP contribution < -0.4 is 0 Å². The standard InChI is InChI=1S/C27H16N4/c1-2-5-17-15(4-1)12-16-7-8-19-20(24(16)17)13-22-26(19)31-23-9-11-28-14-21(23)18-6-3-10-29-25(18)27(31)30-22/h1-11,14H,12-13H2. The lowest BCUT2D eigenvalue weighted by Gasteiger charge is -2.12. The zero-order valence-electron chi connectivity index (χ0n) is 16.6. The van der Waals surface area contributed by atoms with E-state index < -0.39 is 0 Å². The topological polar surface area (TPSA) is 43.1 Å². The van der Waals surface area contributed by atoms with Crippen LogP contribution in [0.4, 0.5) is 0 Å². The molecule has 0 aliphatic heterocycles. The molecule has 0 saturated carbocycles. The lowest BCUT2D eigenvalue weighted by atomic mass is 9.96. The third kappa shape index (κ3) is 1.84. The summed E-state index contributed by atoms with van der Waals surface area (Å²) in [6.45, 7) is 0. The van der Waals surface area contributed by atoms with Gasteiger partial charge in [-0.25, -0.2) is 4.98 Å². The van der Waals surface area contributed by atoms with Crippen LogP contribution in [0.25, 0.3) is 49.8 Å². The molecule has 0 unspecified atom stereocenters. The van der Waals surface area contributed by atoms with Crippen molar-refractivity contribution in [3.8, 4) is 22.4 Å². The van der Waals surface area contributed by atoms with Crippen molar-refractivity contribution in [2.24, 2.45) is 0 Å². The molecule has 0 radical (unpaired) electrons. The Morgan fingerprint density at radius 1 is 0.774 bits per heavy atom. The first kappa shape index (κ1) is 15.7. The number of nitrogens with zero attached hydrogens (tertiary/aromatic N) is 4. The second kappa shape index (κ2) is 5.35. The van der Waals surface area contributed by atoms with Crippen molar-refractivity contribution in [1.29, 1.82) is 0 Å². The third-order valence-corrected chi connectivity index (χ3v) is 6.96. The molecule has 0 spiro atoms. The van der Waals surface area contributed by atoms with E-state index in [1.807, 2.05) is 24.7 Å². The van der Waals surface area contributed by atoms with Gasteiger partial charge in [-0.3, -0.25) is 14.4 Å². The maximum absolute atomic E-state index is 5.15. The van der Waals surface area contributed by atoms with Crippen LogP contribution in [0.3, 0.4) is 0 Å². The predicted molar refractivity (Wildman–Crippen MR) is 122 cm³/mol. The summed E-state index contributed by atoms with van der Waals surface area (Å²) in [5.41, 5.74) is 13.7. The molecular weight excluding hydrogens is 380 g/mol. The third-order valence-electron chi connectivity index (χ3n) is 6.96. The normalized spacial score (nSPS) is 13.5. The lowest BCUT2D eigenvalue weighted by Crippen LogP contribution is -1.96. The van der Waals surface area contributed by atoms with Crippen molar-refractivity contribution in [2.45, 2.75) is 12.8 Å². The molecule has 2 aromatic carbocycles. The molecule has 2 aliphatic carbocycles. The van der Waals surface area contributed by atoms with Crippen LogP contribution in [0.5, 0.6) is 0 Å². The van der Waals surface area contributed by atoms with E-state index >= 15 is 0 Å². The Morgan fingerprint density at radius 3 is 2.74 bits per heavy atom. The van der Waals surface area contributed by atoms with Gasteiger partial charge in [0.2, 0.25) is 0 Å². The summed E-state index contributed by atoms with van der Waals surface area (Å²) >= 11 is 0. The Labute approximate surface area is 177 Å². The quantitative estimate of drug-likeness (QED) is 0.315. The van der Waals surface area contributed by atoms with Crippen LogP contribution in [-0.4, -0.2) is 19.4 Å². The minimum Gasteiger partial charge on any atom is -0.290 e. The van der Waals surface area contributed by atoms with Gasteiger partial charge in [-0.15, -0.1) is 0 Å². The number of benzene rings is 2. The molecule has 0 saturated heterocycles. The molecule has 4 aromatic heterocycles. The van der Waals surface area contributed by atoms with Crippen LogP contribution >= 0.6 is 0 Å². The number of hydrogen-bond donors (Lipinski definition) is 0. The largest absolute Gasteiger partial charge is 0.290 e. The van der Waals surface area contributed by atoms with Crippen LogP contribution in [-0.2, 0) is 12.8 Å². The molecule has 4 heteroatoms. The molecule has 6 aromatic rings. The highest BCUT2D eigenvalue weighted by molar-refractivity contribution is 6.11. The molecule has 144 valence electrons. The summed E-state index contributed by atoms with van der Waals surface area (Å²) in [4.78, 5) is 14.3. The number of pyridine rings is 3. The molecule has 0 amide bonds. The predicted octanol–water partition coefficient (Wildman–Crippen LogP) is 5.57. The van der Waals surface area contributed by atoms with Crippen LogP contribution in [0.1, 0.15) is 22.4 Å². The van der Waals surface area contributed by atoms with E-state index in [1.54, 1.807) is 0 Å². The lowest BCUT2D eigenvalue weighted by molar-refractivity contribution is 1.16. The van der Waals surface area contributed by atoms with Gasteiger partial charge < -0.3 is 0 Å². The first-order valence-corrected chi connectivity index (χ1v) is 10.6. The van der Waals surface area contributed by atoms with E-state index in [0.29, 0.717) is 0 Å². The van der Waals surface area contributed by atoms with Gasteiger partial charge in [0.15, 0.2) is 5.65 Å². The Kier molecular flexibility index (Phi) is 2.72. The summed E-state index contributed by atoms with van der Waals surface area (Å²) in [5.74, 6) is 0. The summed E-state index contributed by atoms with van der Waals surface area (Å²) in [7, 11) is 0. The highest BCUT2D eigenvalue weighted by atomic mass is 15.1. The zero-order chi connectivity index (χ0) is 20.1. The van der Waals surface area contributed by atoms with Gasteiger partial charge in [0.05, 0.1) is 16.9 Å². The smallest absolute Gasteiger partial charge is 0.164 e. The second-order valence-electron chi connectivity index (χ2n) is 8.50. The fourth-order valence-corrected chi connectivity index (χ4v) is 5.72. The van der Waals surface area contributed by atoms with E-state index in [4.69, 9.17) is 9.97 Å². The van der Waals surface area contributed by atoms with Crippen LogP contribution in [0.2, 0.25) is 0 Å². The zero-order valence-corrected chi connectivity index (χ0v) is 16.6. The molecule has 0 bridgehead atoms. The second-order valence-corrected chi connectivity index (χ2v) is 8.50. The minimum absolute atomic E-state index is 0.866. The summed E-state index contributed by atoms with van der Waals surface area (Å²) in [6.07, 6.45) is 7.55.